The molecule has 6 nitrogen and oxygen atoms in total. The van der Waals surface area contributed by atoms with Crippen molar-refractivity contribution in [2.24, 2.45) is 0 Å². The summed E-state index contributed by atoms with van der Waals surface area (Å²) in [4.78, 5) is 25.5. The second-order valence-electron chi connectivity index (χ2n) is 11.3. The van der Waals surface area contributed by atoms with E-state index in [9.17, 15) is 41.0 Å². The number of benzene rings is 3. The van der Waals surface area contributed by atoms with Crippen LogP contribution in [0.3, 0.4) is 0 Å². The molecule has 0 aliphatic rings. The monoisotopic (exact) mass is 666 g/mol. The molecule has 0 aliphatic heterocycles. The zero-order valence-electron chi connectivity index (χ0n) is 26.5. The molecule has 0 aliphatic carbocycles. The number of aliphatic hydroxyl groups is 1. The number of hydrogen-bond acceptors (Lipinski definition) is 4. The van der Waals surface area contributed by atoms with E-state index in [0.717, 1.165) is 21.6 Å². The number of nitrogens with zero attached hydrogens (tertiary/aromatic N) is 1. The maximum Gasteiger partial charge on any atom is 0.430 e. The molecule has 0 saturated carbocycles. The lowest BCUT2D eigenvalue weighted by Gasteiger charge is -2.33. The average Bonchev–Trinajstić information content (AvgIpc) is 3.02. The van der Waals surface area contributed by atoms with Crippen LogP contribution < -0.4 is 10.1 Å². The molecule has 0 bridgehead atoms. The Bertz CT molecular complexity index is 1420. The maximum atomic E-state index is 13.6. The highest BCUT2D eigenvalue weighted by Crippen LogP contribution is 2.51. The number of urea groups is 1. The number of halogens is 6. The van der Waals surface area contributed by atoms with Crippen molar-refractivity contribution in [3.8, 4) is 16.9 Å². The molecule has 256 valence electrons. The number of rotatable bonds is 15. The maximum absolute atomic E-state index is 13.6. The van der Waals surface area contributed by atoms with Gasteiger partial charge in [0, 0.05) is 12.1 Å². The van der Waals surface area contributed by atoms with Gasteiger partial charge < -0.3 is 15.2 Å². The van der Waals surface area contributed by atoms with Crippen LogP contribution in [0.25, 0.3) is 11.1 Å². The van der Waals surface area contributed by atoms with Crippen LogP contribution in [0.2, 0.25) is 0 Å². The lowest BCUT2D eigenvalue weighted by atomic mass is 9.87. The highest BCUT2D eigenvalue weighted by molar-refractivity contribution is 5.85. The van der Waals surface area contributed by atoms with E-state index in [4.69, 9.17) is 4.74 Å². The average molecular weight is 667 g/mol. The fourth-order valence-corrected chi connectivity index (χ4v) is 5.25. The van der Waals surface area contributed by atoms with E-state index in [1.54, 1.807) is 20.8 Å². The number of nitrogens with one attached hydrogen (secondary N) is 1. The second-order valence-corrected chi connectivity index (χ2v) is 11.3. The first-order valence-corrected chi connectivity index (χ1v) is 15.5. The summed E-state index contributed by atoms with van der Waals surface area (Å²) in [5.41, 5.74) is -3.16. The van der Waals surface area contributed by atoms with Crippen LogP contribution in [0.1, 0.15) is 74.8 Å². The van der Waals surface area contributed by atoms with E-state index in [1.165, 1.54) is 0 Å². The van der Waals surface area contributed by atoms with Crippen LogP contribution in [0.4, 0.5) is 31.1 Å². The van der Waals surface area contributed by atoms with Crippen molar-refractivity contribution in [3.05, 3.63) is 89.0 Å². The number of carbonyl (C=O) groups excluding carboxylic acids is 2. The normalized spacial score (nSPS) is 12.8. The SMILES string of the molecule is CCCc1cc(C(O)(C(F)(F)F)C(F)(F)F)cc(CCC)c1OCCCCN(C=O)C(=O)NC(C)c1ccc(-c2ccccc2)cc1. The summed E-state index contributed by atoms with van der Waals surface area (Å²) < 4.78 is 87.7. The van der Waals surface area contributed by atoms with Gasteiger partial charge in [-0.3, -0.25) is 9.69 Å². The third-order valence-electron chi connectivity index (χ3n) is 7.81. The fraction of sp³-hybridized carbons (Fsp3) is 0.429. The van der Waals surface area contributed by atoms with Crippen molar-refractivity contribution < 1.29 is 45.8 Å². The molecule has 47 heavy (non-hydrogen) atoms. The molecule has 0 aromatic heterocycles. The van der Waals surface area contributed by atoms with Crippen molar-refractivity contribution in [2.75, 3.05) is 13.2 Å². The molecule has 1 unspecified atom stereocenters. The van der Waals surface area contributed by atoms with Gasteiger partial charge in [0.25, 0.3) is 5.60 Å². The highest BCUT2D eigenvalue weighted by Gasteiger charge is 2.71. The number of ether oxygens (including phenoxy) is 1. The minimum Gasteiger partial charge on any atom is -0.493 e. The number of carbonyl (C=O) groups is 2. The molecule has 3 amide bonds. The van der Waals surface area contributed by atoms with Crippen LogP contribution in [-0.4, -0.2) is 48.0 Å². The second kappa shape index (κ2) is 16.2. The number of hydrogen-bond donors (Lipinski definition) is 2. The lowest BCUT2D eigenvalue weighted by Crippen LogP contribution is -2.54. The summed E-state index contributed by atoms with van der Waals surface area (Å²) in [7, 11) is 0. The molecule has 3 aromatic carbocycles. The molecule has 0 saturated heterocycles. The topological polar surface area (TPSA) is 78.9 Å². The van der Waals surface area contributed by atoms with E-state index < -0.39 is 29.5 Å². The van der Waals surface area contributed by atoms with Crippen LogP contribution in [0.15, 0.2) is 66.7 Å². The molecule has 0 radical (unpaired) electrons. The molecule has 3 aromatic rings. The Morgan fingerprint density at radius 2 is 1.40 bits per heavy atom. The quantitative estimate of drug-likeness (QED) is 0.0967. The van der Waals surface area contributed by atoms with E-state index in [2.05, 4.69) is 5.32 Å². The molecular weight excluding hydrogens is 626 g/mol. The molecule has 2 N–H and O–H groups in total. The molecule has 1 atom stereocenters. The predicted octanol–water partition coefficient (Wildman–Crippen LogP) is 8.66. The Morgan fingerprint density at radius 3 is 1.89 bits per heavy atom. The summed E-state index contributed by atoms with van der Waals surface area (Å²) in [5.74, 6) is 0.182. The smallest absolute Gasteiger partial charge is 0.430 e. The number of unbranched alkanes of at least 4 members (excludes halogenated alkanes) is 1. The zero-order chi connectivity index (χ0) is 34.8. The molecule has 0 heterocycles. The number of imide groups is 1. The zero-order valence-corrected chi connectivity index (χ0v) is 26.5. The predicted molar refractivity (Wildman–Crippen MR) is 167 cm³/mol. The third-order valence-corrected chi connectivity index (χ3v) is 7.81. The minimum atomic E-state index is -6.00. The molecule has 0 fully saturated rings. The Kier molecular flexibility index (Phi) is 12.9. The van der Waals surface area contributed by atoms with Crippen LogP contribution in [-0.2, 0) is 23.2 Å². The van der Waals surface area contributed by atoms with Crippen LogP contribution >= 0.6 is 0 Å². The van der Waals surface area contributed by atoms with Crippen LogP contribution in [0, 0.1) is 0 Å². The third kappa shape index (κ3) is 9.06. The van der Waals surface area contributed by atoms with Gasteiger partial charge in [0.1, 0.15) is 5.75 Å². The fourth-order valence-electron chi connectivity index (χ4n) is 5.25. The number of alkyl halides is 6. The first-order chi connectivity index (χ1) is 22.2. The van der Waals surface area contributed by atoms with E-state index in [0.29, 0.717) is 44.2 Å². The molecule has 12 heteroatoms. The Morgan fingerprint density at radius 1 is 0.872 bits per heavy atom. The first-order valence-electron chi connectivity index (χ1n) is 15.5. The summed E-state index contributed by atoms with van der Waals surface area (Å²) in [6.45, 7) is 5.33. The van der Waals surface area contributed by atoms with Crippen molar-refractivity contribution in [1.29, 1.82) is 0 Å². The van der Waals surface area contributed by atoms with Gasteiger partial charge in [0.15, 0.2) is 0 Å². The number of amides is 3. The van der Waals surface area contributed by atoms with Crippen molar-refractivity contribution in [2.45, 2.75) is 83.3 Å². The van der Waals surface area contributed by atoms with Crippen LogP contribution in [0.5, 0.6) is 5.75 Å². The van der Waals surface area contributed by atoms with Crippen molar-refractivity contribution in [3.63, 3.8) is 0 Å². The number of aryl methyl sites for hydroxylation is 2. The summed E-state index contributed by atoms with van der Waals surface area (Å²) in [6, 6.07) is 18.0. The summed E-state index contributed by atoms with van der Waals surface area (Å²) in [6.07, 6.45) is -9.86. The molecular formula is C35H40F6N2O4. The molecule has 3 rings (SSSR count). The Hall–Kier alpha value is -4.06. The highest BCUT2D eigenvalue weighted by atomic mass is 19.4. The van der Waals surface area contributed by atoms with Gasteiger partial charge in [0.05, 0.1) is 12.6 Å². The Balaban J connectivity index is 1.64. The van der Waals surface area contributed by atoms with Gasteiger partial charge in [-0.15, -0.1) is 0 Å². The standard InChI is InChI=1S/C35H40F6N2O4/c1-4-11-28-21-30(33(46,34(36,37)38)35(39,40)41)22-29(12-5-2)31(28)47-20-10-9-19-43(23-44)32(45)42-24(3)25-15-17-27(18-16-25)26-13-7-6-8-14-26/h6-8,13-18,21-24,46H,4-5,9-12,19-20H2,1-3H3,(H,42,45). The van der Waals surface area contributed by atoms with Crippen molar-refractivity contribution in [1.82, 2.24) is 10.2 Å². The summed E-state index contributed by atoms with van der Waals surface area (Å²) in [5, 5.41) is 12.8. The van der Waals surface area contributed by atoms with E-state index in [-0.39, 0.29) is 48.9 Å². The van der Waals surface area contributed by atoms with Gasteiger partial charge in [0.2, 0.25) is 6.41 Å². The lowest BCUT2D eigenvalue weighted by molar-refractivity contribution is -0.376. The van der Waals surface area contributed by atoms with Gasteiger partial charge in [-0.05, 0) is 72.6 Å². The van der Waals surface area contributed by atoms with Gasteiger partial charge in [-0.2, -0.15) is 26.3 Å². The van der Waals surface area contributed by atoms with Gasteiger partial charge in [-0.1, -0.05) is 81.3 Å². The first kappa shape index (κ1) is 37.4. The summed E-state index contributed by atoms with van der Waals surface area (Å²) >= 11 is 0. The van der Waals surface area contributed by atoms with Gasteiger partial charge >= 0.3 is 18.4 Å². The largest absolute Gasteiger partial charge is 0.493 e. The van der Waals surface area contributed by atoms with Gasteiger partial charge in [-0.25, -0.2) is 4.79 Å². The van der Waals surface area contributed by atoms with E-state index >= 15 is 0 Å². The van der Waals surface area contributed by atoms with E-state index in [1.807, 2.05) is 54.6 Å². The molecule has 0 spiro atoms. The van der Waals surface area contributed by atoms with Crippen molar-refractivity contribution >= 4 is 12.4 Å². The minimum absolute atomic E-state index is 0.0358. The Labute approximate surface area is 270 Å².